The molecule has 0 bridgehead atoms. The number of benzene rings is 2. The highest BCUT2D eigenvalue weighted by atomic mass is 35.5. The number of hydrogen-bond donors (Lipinski definition) is 3. The second kappa shape index (κ2) is 12.7. The fourth-order valence-corrected chi connectivity index (χ4v) is 3.65. The Balaban J connectivity index is 0.000000559. The first-order chi connectivity index (χ1) is 18.7. The molecule has 0 saturated heterocycles. The van der Waals surface area contributed by atoms with Gasteiger partial charge in [0.2, 0.25) is 5.76 Å². The monoisotopic (exact) mass is 588 g/mol. The molecular weight excluding hydrogens is 570 g/mol. The minimum Gasteiger partial charge on any atom is -0.475 e. The van der Waals surface area contributed by atoms with Gasteiger partial charge in [-0.25, -0.2) is 9.78 Å². The van der Waals surface area contributed by atoms with Crippen LogP contribution in [0.15, 0.2) is 71.6 Å². The summed E-state index contributed by atoms with van der Waals surface area (Å²) in [6.07, 6.45) is -5.38. The normalized spacial score (nSPS) is 12.3. The molecule has 40 heavy (non-hydrogen) atoms. The van der Waals surface area contributed by atoms with Crippen molar-refractivity contribution >= 4 is 23.5 Å². The SMILES string of the molecule is O=C(NC(Cc1ccccc1)Cc1cnc[nH]1)c1cc(-c2cc(Cl)cc(C(F)(F)F)c2)no1.O=C(O)C(F)(F)F. The van der Waals surface area contributed by atoms with Crippen molar-refractivity contribution in [2.45, 2.75) is 31.2 Å². The van der Waals surface area contributed by atoms with Crippen LogP contribution in [0.2, 0.25) is 5.02 Å². The molecule has 2 heterocycles. The largest absolute Gasteiger partial charge is 0.490 e. The molecule has 0 aliphatic carbocycles. The lowest BCUT2D eigenvalue weighted by Gasteiger charge is -2.17. The summed E-state index contributed by atoms with van der Waals surface area (Å²) >= 11 is 5.84. The summed E-state index contributed by atoms with van der Waals surface area (Å²) in [5.74, 6) is -3.42. The standard InChI is InChI=1S/C23H18ClF3N4O2.C2HF3O2/c24-17-8-15(7-16(9-17)23(25,26)27)20-11-21(33-31-20)22(32)30-18(10-19-12-28-13-29-19)6-14-4-2-1-3-5-14;3-2(4,5)1(6)7/h1-5,7-9,11-13,18H,6,10H2,(H,28,29)(H,30,32);(H,6,7). The Morgan fingerprint density at radius 2 is 1.70 bits per heavy atom. The summed E-state index contributed by atoms with van der Waals surface area (Å²) in [5.41, 5.74) is 1.12. The maximum absolute atomic E-state index is 13.1. The van der Waals surface area contributed by atoms with Crippen LogP contribution in [0.1, 0.15) is 27.4 Å². The lowest BCUT2D eigenvalue weighted by molar-refractivity contribution is -0.192. The summed E-state index contributed by atoms with van der Waals surface area (Å²) in [7, 11) is 0. The van der Waals surface area contributed by atoms with Crippen molar-refractivity contribution in [1.29, 1.82) is 0 Å². The van der Waals surface area contributed by atoms with Gasteiger partial charge < -0.3 is 19.9 Å². The van der Waals surface area contributed by atoms with Gasteiger partial charge in [-0.1, -0.05) is 47.1 Å². The summed E-state index contributed by atoms with van der Waals surface area (Å²) in [5, 5.41) is 13.7. The Labute approximate surface area is 227 Å². The number of aliphatic carboxylic acids is 1. The van der Waals surface area contributed by atoms with E-state index in [2.05, 4.69) is 20.4 Å². The van der Waals surface area contributed by atoms with Gasteiger partial charge in [-0.3, -0.25) is 4.79 Å². The molecule has 2 aromatic heterocycles. The number of nitrogens with one attached hydrogen (secondary N) is 2. The number of nitrogens with zero attached hydrogens (tertiary/aromatic N) is 2. The van der Waals surface area contributed by atoms with Gasteiger partial charge in [0.1, 0.15) is 5.69 Å². The average Bonchev–Trinajstić information content (AvgIpc) is 3.56. The van der Waals surface area contributed by atoms with Crippen LogP contribution in [0, 0.1) is 0 Å². The van der Waals surface area contributed by atoms with Crippen molar-refractivity contribution in [2.75, 3.05) is 0 Å². The number of carbonyl (C=O) groups is 2. The molecule has 212 valence electrons. The zero-order valence-corrected chi connectivity index (χ0v) is 20.8. The molecule has 2 aromatic carbocycles. The van der Waals surface area contributed by atoms with E-state index in [0.29, 0.717) is 12.8 Å². The number of imidazole rings is 1. The molecule has 15 heteroatoms. The molecule has 3 N–H and O–H groups in total. The molecule has 0 aliphatic rings. The first-order valence-corrected chi connectivity index (χ1v) is 11.6. The molecule has 0 spiro atoms. The number of H-pyrrole nitrogens is 1. The number of aromatic amines is 1. The summed E-state index contributed by atoms with van der Waals surface area (Å²) in [6, 6.07) is 13.7. The molecule has 4 aromatic rings. The van der Waals surface area contributed by atoms with Crippen LogP contribution in [0.25, 0.3) is 11.3 Å². The number of hydrogen-bond acceptors (Lipinski definition) is 5. The Hall–Kier alpha value is -4.33. The fourth-order valence-electron chi connectivity index (χ4n) is 3.41. The van der Waals surface area contributed by atoms with Crippen molar-refractivity contribution in [1.82, 2.24) is 20.4 Å². The third-order valence-corrected chi connectivity index (χ3v) is 5.40. The van der Waals surface area contributed by atoms with Gasteiger partial charge in [0.25, 0.3) is 5.91 Å². The van der Waals surface area contributed by atoms with Crippen molar-refractivity contribution in [3.05, 3.63) is 94.7 Å². The first-order valence-electron chi connectivity index (χ1n) is 11.2. The van der Waals surface area contributed by atoms with Crippen molar-refractivity contribution < 1.29 is 45.6 Å². The molecule has 0 aliphatic heterocycles. The minimum absolute atomic E-state index is 0.0707. The van der Waals surface area contributed by atoms with Crippen molar-refractivity contribution in [2.24, 2.45) is 0 Å². The van der Waals surface area contributed by atoms with Gasteiger partial charge in [-0.05, 0) is 30.2 Å². The van der Waals surface area contributed by atoms with Gasteiger partial charge in [0.05, 0.1) is 11.9 Å². The van der Waals surface area contributed by atoms with Gasteiger partial charge >= 0.3 is 18.3 Å². The van der Waals surface area contributed by atoms with Crippen LogP contribution in [0.5, 0.6) is 0 Å². The predicted molar refractivity (Wildman–Crippen MR) is 129 cm³/mol. The van der Waals surface area contributed by atoms with E-state index in [1.165, 1.54) is 12.1 Å². The zero-order valence-electron chi connectivity index (χ0n) is 20.1. The topological polar surface area (TPSA) is 121 Å². The number of carbonyl (C=O) groups excluding carboxylic acids is 1. The molecule has 1 amide bonds. The summed E-state index contributed by atoms with van der Waals surface area (Å²) in [6.45, 7) is 0. The van der Waals surface area contributed by atoms with Gasteiger partial charge in [-0.2, -0.15) is 26.3 Å². The third kappa shape index (κ3) is 8.86. The molecule has 8 nitrogen and oxygen atoms in total. The van der Waals surface area contributed by atoms with Crippen molar-refractivity contribution in [3.8, 4) is 11.3 Å². The Kier molecular flexibility index (Phi) is 9.58. The van der Waals surface area contributed by atoms with E-state index in [-0.39, 0.29) is 28.1 Å². The molecule has 0 radical (unpaired) electrons. The van der Waals surface area contributed by atoms with Gasteiger partial charge in [0, 0.05) is 41.0 Å². The fraction of sp³-hybridized carbons (Fsp3) is 0.200. The lowest BCUT2D eigenvalue weighted by Crippen LogP contribution is -2.38. The molecule has 1 unspecified atom stereocenters. The maximum atomic E-state index is 13.1. The highest BCUT2D eigenvalue weighted by Gasteiger charge is 2.38. The molecule has 4 rings (SSSR count). The van der Waals surface area contributed by atoms with E-state index in [1.807, 2.05) is 30.3 Å². The van der Waals surface area contributed by atoms with Crippen LogP contribution in [0.4, 0.5) is 26.3 Å². The number of aromatic nitrogens is 3. The smallest absolute Gasteiger partial charge is 0.475 e. The summed E-state index contributed by atoms with van der Waals surface area (Å²) < 4.78 is 76.2. The average molecular weight is 589 g/mol. The van der Waals surface area contributed by atoms with E-state index < -0.39 is 29.8 Å². The number of carboxylic acid groups (broad SMARTS) is 1. The molecule has 1 atom stereocenters. The number of rotatable bonds is 7. The first kappa shape index (κ1) is 30.2. The summed E-state index contributed by atoms with van der Waals surface area (Å²) in [4.78, 5) is 28.7. The van der Waals surface area contributed by atoms with E-state index in [0.717, 1.165) is 23.4 Å². The highest BCUT2D eigenvalue weighted by Crippen LogP contribution is 2.34. The Bertz CT molecular complexity index is 1420. The van der Waals surface area contributed by atoms with E-state index in [1.54, 1.807) is 12.5 Å². The van der Waals surface area contributed by atoms with Crippen LogP contribution >= 0.6 is 11.6 Å². The van der Waals surface area contributed by atoms with Crippen molar-refractivity contribution in [3.63, 3.8) is 0 Å². The van der Waals surface area contributed by atoms with E-state index in [9.17, 15) is 31.1 Å². The highest BCUT2D eigenvalue weighted by molar-refractivity contribution is 6.31. The number of alkyl halides is 6. The number of carboxylic acids is 1. The van der Waals surface area contributed by atoms with Crippen LogP contribution in [-0.2, 0) is 23.8 Å². The molecule has 0 saturated carbocycles. The Morgan fingerprint density at radius 3 is 2.27 bits per heavy atom. The maximum Gasteiger partial charge on any atom is 0.490 e. The second-order valence-corrected chi connectivity index (χ2v) is 8.68. The second-order valence-electron chi connectivity index (χ2n) is 8.25. The van der Waals surface area contributed by atoms with Gasteiger partial charge in [-0.15, -0.1) is 0 Å². The number of halogens is 7. The third-order valence-electron chi connectivity index (χ3n) is 5.18. The Morgan fingerprint density at radius 1 is 1.02 bits per heavy atom. The quantitative estimate of drug-likeness (QED) is 0.229. The van der Waals surface area contributed by atoms with E-state index >= 15 is 0 Å². The predicted octanol–water partition coefficient (Wildman–Crippen LogP) is 5.95. The minimum atomic E-state index is -5.08. The van der Waals surface area contributed by atoms with E-state index in [4.69, 9.17) is 26.0 Å². The molecular formula is C25H19ClF6N4O4. The zero-order chi connectivity index (χ0) is 29.5. The van der Waals surface area contributed by atoms with Crippen LogP contribution in [0.3, 0.4) is 0 Å². The number of amides is 1. The lowest BCUT2D eigenvalue weighted by atomic mass is 10.0. The van der Waals surface area contributed by atoms with Gasteiger partial charge in [0.15, 0.2) is 0 Å². The van der Waals surface area contributed by atoms with Crippen LogP contribution < -0.4 is 5.32 Å². The molecule has 0 fully saturated rings. The van der Waals surface area contributed by atoms with Crippen LogP contribution in [-0.4, -0.2) is 44.3 Å².